The standard InChI is InChI=1S/C8H11N3O3/c1-14-3-2-6-10-4-5(8(12)13)7(9)11-6/h4H,2-3H2,1H3,(H,12,13)(H2,9,10,11). The molecule has 0 fully saturated rings. The number of hydrogen-bond acceptors (Lipinski definition) is 5. The van der Waals surface area contributed by atoms with E-state index in [1.807, 2.05) is 0 Å². The number of nitrogen functional groups attached to an aromatic ring is 1. The molecule has 1 aromatic rings. The summed E-state index contributed by atoms with van der Waals surface area (Å²) in [5, 5.41) is 8.65. The van der Waals surface area contributed by atoms with Gasteiger partial charge in [-0.1, -0.05) is 0 Å². The van der Waals surface area contributed by atoms with Crippen LogP contribution in [-0.2, 0) is 11.2 Å². The highest BCUT2D eigenvalue weighted by atomic mass is 16.5. The third-order valence-electron chi connectivity index (χ3n) is 1.63. The topological polar surface area (TPSA) is 98.3 Å². The third kappa shape index (κ3) is 2.40. The number of nitrogens with two attached hydrogens (primary N) is 1. The second-order valence-electron chi connectivity index (χ2n) is 2.63. The first-order valence-electron chi connectivity index (χ1n) is 3.98. The van der Waals surface area contributed by atoms with Crippen molar-refractivity contribution >= 4 is 11.8 Å². The molecule has 0 aromatic carbocycles. The van der Waals surface area contributed by atoms with Crippen LogP contribution in [0.2, 0.25) is 0 Å². The van der Waals surface area contributed by atoms with Crippen LogP contribution in [0.3, 0.4) is 0 Å². The predicted octanol–water partition coefficient (Wildman–Crippen LogP) is -0.0541. The number of hydrogen-bond donors (Lipinski definition) is 2. The number of rotatable bonds is 4. The highest BCUT2D eigenvalue weighted by molar-refractivity contribution is 5.92. The van der Waals surface area contributed by atoms with Crippen LogP contribution in [0, 0.1) is 0 Å². The van der Waals surface area contributed by atoms with Gasteiger partial charge in [0.05, 0.1) is 6.61 Å². The zero-order chi connectivity index (χ0) is 10.6. The minimum absolute atomic E-state index is 0.0152. The second-order valence-corrected chi connectivity index (χ2v) is 2.63. The van der Waals surface area contributed by atoms with Crippen LogP contribution in [0.5, 0.6) is 0 Å². The molecule has 6 nitrogen and oxygen atoms in total. The molecule has 0 radical (unpaired) electrons. The molecule has 3 N–H and O–H groups in total. The lowest BCUT2D eigenvalue weighted by Gasteiger charge is -2.02. The molecule has 6 heteroatoms. The summed E-state index contributed by atoms with van der Waals surface area (Å²) in [4.78, 5) is 18.2. The molecule has 0 aliphatic rings. The normalized spacial score (nSPS) is 10.1. The van der Waals surface area contributed by atoms with E-state index in [0.717, 1.165) is 0 Å². The minimum Gasteiger partial charge on any atom is -0.477 e. The number of ether oxygens (including phenoxy) is 1. The lowest BCUT2D eigenvalue weighted by atomic mass is 10.3. The van der Waals surface area contributed by atoms with Crippen molar-refractivity contribution in [3.05, 3.63) is 17.6 Å². The van der Waals surface area contributed by atoms with Crippen LogP contribution in [0.25, 0.3) is 0 Å². The van der Waals surface area contributed by atoms with Gasteiger partial charge in [-0.3, -0.25) is 0 Å². The first-order chi connectivity index (χ1) is 6.65. The van der Waals surface area contributed by atoms with Gasteiger partial charge in [0.1, 0.15) is 17.2 Å². The molecule has 0 aliphatic carbocycles. The van der Waals surface area contributed by atoms with Crippen LogP contribution >= 0.6 is 0 Å². The van der Waals surface area contributed by atoms with Gasteiger partial charge < -0.3 is 15.6 Å². The fourth-order valence-corrected chi connectivity index (χ4v) is 0.912. The van der Waals surface area contributed by atoms with Gasteiger partial charge in [-0.15, -0.1) is 0 Å². The number of carbonyl (C=O) groups is 1. The van der Waals surface area contributed by atoms with Gasteiger partial charge in [0, 0.05) is 19.7 Å². The van der Waals surface area contributed by atoms with Gasteiger partial charge in [-0.2, -0.15) is 0 Å². The molecular weight excluding hydrogens is 186 g/mol. The summed E-state index contributed by atoms with van der Waals surface area (Å²) in [5.74, 6) is -0.659. The molecule has 0 bridgehead atoms. The quantitative estimate of drug-likeness (QED) is 0.701. The number of aromatic nitrogens is 2. The van der Waals surface area contributed by atoms with E-state index in [1.54, 1.807) is 7.11 Å². The third-order valence-corrected chi connectivity index (χ3v) is 1.63. The Hall–Kier alpha value is -1.69. The van der Waals surface area contributed by atoms with Crippen molar-refractivity contribution in [1.29, 1.82) is 0 Å². The summed E-state index contributed by atoms with van der Waals surface area (Å²) in [5.41, 5.74) is 5.34. The Morgan fingerprint density at radius 1 is 1.71 bits per heavy atom. The van der Waals surface area contributed by atoms with Gasteiger partial charge in [0.25, 0.3) is 0 Å². The van der Waals surface area contributed by atoms with E-state index in [1.165, 1.54) is 6.20 Å². The molecule has 0 saturated carbocycles. The SMILES string of the molecule is COCCc1ncc(C(=O)O)c(N)n1. The van der Waals surface area contributed by atoms with Crippen molar-refractivity contribution in [3.8, 4) is 0 Å². The summed E-state index contributed by atoms with van der Waals surface area (Å²) < 4.78 is 4.83. The highest BCUT2D eigenvalue weighted by Gasteiger charge is 2.10. The summed E-state index contributed by atoms with van der Waals surface area (Å²) in [7, 11) is 1.56. The zero-order valence-electron chi connectivity index (χ0n) is 7.73. The van der Waals surface area contributed by atoms with Crippen LogP contribution in [0.15, 0.2) is 6.20 Å². The summed E-state index contributed by atoms with van der Waals surface area (Å²) >= 11 is 0. The van der Waals surface area contributed by atoms with Gasteiger partial charge in [-0.25, -0.2) is 14.8 Å². The maximum absolute atomic E-state index is 10.6. The largest absolute Gasteiger partial charge is 0.477 e. The van der Waals surface area contributed by atoms with Crippen LogP contribution in [-0.4, -0.2) is 34.8 Å². The van der Waals surface area contributed by atoms with E-state index in [9.17, 15) is 4.79 Å². The van der Waals surface area contributed by atoms with E-state index in [0.29, 0.717) is 18.9 Å². The second kappa shape index (κ2) is 4.52. The molecular formula is C8H11N3O3. The Labute approximate surface area is 80.7 Å². The van der Waals surface area contributed by atoms with Gasteiger partial charge >= 0.3 is 5.97 Å². The van der Waals surface area contributed by atoms with E-state index >= 15 is 0 Å². The lowest BCUT2D eigenvalue weighted by Crippen LogP contribution is -2.09. The first kappa shape index (κ1) is 10.4. The fraction of sp³-hybridized carbons (Fsp3) is 0.375. The summed E-state index contributed by atoms with van der Waals surface area (Å²) in [6, 6.07) is 0. The molecule has 0 atom stereocenters. The van der Waals surface area contributed by atoms with E-state index in [-0.39, 0.29) is 11.4 Å². The van der Waals surface area contributed by atoms with Gasteiger partial charge in [-0.05, 0) is 0 Å². The molecule has 1 rings (SSSR count). The van der Waals surface area contributed by atoms with Crippen molar-refractivity contribution in [3.63, 3.8) is 0 Å². The molecule has 1 aromatic heterocycles. The lowest BCUT2D eigenvalue weighted by molar-refractivity contribution is 0.0697. The van der Waals surface area contributed by atoms with Crippen LogP contribution in [0.4, 0.5) is 5.82 Å². The zero-order valence-corrected chi connectivity index (χ0v) is 7.73. The van der Waals surface area contributed by atoms with Gasteiger partial charge in [0.2, 0.25) is 0 Å². The Balaban J connectivity index is 2.83. The monoisotopic (exact) mass is 197 g/mol. The first-order valence-corrected chi connectivity index (χ1v) is 3.98. The molecule has 0 spiro atoms. The molecule has 0 saturated heterocycles. The van der Waals surface area contributed by atoms with Crippen molar-refractivity contribution in [1.82, 2.24) is 9.97 Å². The summed E-state index contributed by atoms with van der Waals surface area (Å²) in [6.07, 6.45) is 1.72. The summed E-state index contributed by atoms with van der Waals surface area (Å²) in [6.45, 7) is 0.478. The van der Waals surface area contributed by atoms with Crippen LogP contribution in [0.1, 0.15) is 16.2 Å². The number of nitrogens with zero attached hydrogens (tertiary/aromatic N) is 2. The fourth-order valence-electron chi connectivity index (χ4n) is 0.912. The van der Waals surface area contributed by atoms with Crippen molar-refractivity contribution in [2.45, 2.75) is 6.42 Å². The molecule has 1 heterocycles. The van der Waals surface area contributed by atoms with Crippen molar-refractivity contribution < 1.29 is 14.6 Å². The van der Waals surface area contributed by atoms with E-state index in [2.05, 4.69) is 9.97 Å². The predicted molar refractivity (Wildman–Crippen MR) is 49.0 cm³/mol. The maximum atomic E-state index is 10.6. The average molecular weight is 197 g/mol. The minimum atomic E-state index is -1.12. The Kier molecular flexibility index (Phi) is 3.35. The Morgan fingerprint density at radius 3 is 2.93 bits per heavy atom. The molecule has 0 aliphatic heterocycles. The maximum Gasteiger partial charge on any atom is 0.341 e. The molecule has 76 valence electrons. The highest BCUT2D eigenvalue weighted by Crippen LogP contribution is 2.07. The smallest absolute Gasteiger partial charge is 0.341 e. The molecule has 0 unspecified atom stereocenters. The number of methoxy groups -OCH3 is 1. The number of carboxylic acids is 1. The average Bonchev–Trinajstić information content (AvgIpc) is 2.14. The van der Waals surface area contributed by atoms with Gasteiger partial charge in [0.15, 0.2) is 0 Å². The van der Waals surface area contributed by atoms with Crippen molar-refractivity contribution in [2.75, 3.05) is 19.5 Å². The molecule has 14 heavy (non-hydrogen) atoms. The molecule has 0 amide bonds. The van der Waals surface area contributed by atoms with Crippen molar-refractivity contribution in [2.24, 2.45) is 0 Å². The number of aromatic carboxylic acids is 1. The van der Waals surface area contributed by atoms with Crippen LogP contribution < -0.4 is 5.73 Å². The Bertz CT molecular complexity index is 341. The number of anilines is 1. The Morgan fingerprint density at radius 2 is 2.43 bits per heavy atom. The number of carboxylic acid groups (broad SMARTS) is 1. The van der Waals surface area contributed by atoms with E-state index < -0.39 is 5.97 Å². The van der Waals surface area contributed by atoms with E-state index in [4.69, 9.17) is 15.6 Å².